The first kappa shape index (κ1) is 12.6. The lowest BCUT2D eigenvalue weighted by Crippen LogP contribution is -2.03. The molecule has 0 saturated carbocycles. The predicted octanol–water partition coefficient (Wildman–Crippen LogP) is 3.69. The zero-order valence-corrected chi connectivity index (χ0v) is 10.3. The lowest BCUT2D eigenvalue weighted by atomic mass is 10.1. The summed E-state index contributed by atoms with van der Waals surface area (Å²) >= 11 is 0. The molecule has 2 nitrogen and oxygen atoms in total. The largest absolute Gasteiger partial charge is 0.398 e. The van der Waals surface area contributed by atoms with Crippen molar-refractivity contribution in [2.45, 2.75) is 19.6 Å². The molecule has 1 unspecified atom stereocenters. The Labute approximate surface area is 106 Å². The van der Waals surface area contributed by atoms with E-state index in [0.29, 0.717) is 17.9 Å². The summed E-state index contributed by atoms with van der Waals surface area (Å²) < 4.78 is 18.8. The average Bonchev–Trinajstić information content (AvgIpc) is 2.40. The van der Waals surface area contributed by atoms with Crippen molar-refractivity contribution >= 4 is 5.69 Å². The predicted molar refractivity (Wildman–Crippen MR) is 70.5 cm³/mol. The van der Waals surface area contributed by atoms with Crippen LogP contribution in [0.15, 0.2) is 48.5 Å². The lowest BCUT2D eigenvalue weighted by molar-refractivity contribution is 0.0527. The van der Waals surface area contributed by atoms with E-state index in [4.69, 9.17) is 10.5 Å². The van der Waals surface area contributed by atoms with Gasteiger partial charge in [0.2, 0.25) is 0 Å². The molecular weight excluding hydrogens is 229 g/mol. The molecule has 3 heteroatoms. The molecule has 2 aromatic rings. The maximum absolute atomic E-state index is 13.1. The van der Waals surface area contributed by atoms with E-state index < -0.39 is 0 Å². The Morgan fingerprint density at radius 2 is 1.89 bits per heavy atom. The van der Waals surface area contributed by atoms with Gasteiger partial charge in [-0.3, -0.25) is 0 Å². The molecule has 18 heavy (non-hydrogen) atoms. The molecule has 0 saturated heterocycles. The Morgan fingerprint density at radius 1 is 1.17 bits per heavy atom. The number of nitrogen functional groups attached to an aromatic ring is 1. The summed E-state index contributed by atoms with van der Waals surface area (Å²) in [5, 5.41) is 0. The van der Waals surface area contributed by atoms with E-state index in [1.807, 2.05) is 37.3 Å². The molecular formula is C15H16FNO. The second kappa shape index (κ2) is 5.65. The highest BCUT2D eigenvalue weighted by Crippen LogP contribution is 2.20. The summed E-state index contributed by atoms with van der Waals surface area (Å²) in [5.41, 5.74) is 8.09. The van der Waals surface area contributed by atoms with Crippen LogP contribution in [-0.2, 0) is 11.3 Å². The zero-order valence-electron chi connectivity index (χ0n) is 10.3. The van der Waals surface area contributed by atoms with Gasteiger partial charge in [0.05, 0.1) is 12.7 Å². The molecule has 2 rings (SSSR count). The minimum Gasteiger partial charge on any atom is -0.398 e. The van der Waals surface area contributed by atoms with E-state index in [1.54, 1.807) is 6.07 Å². The number of hydrogen-bond donors (Lipinski definition) is 1. The van der Waals surface area contributed by atoms with Gasteiger partial charge in [0.25, 0.3) is 0 Å². The number of hydrogen-bond acceptors (Lipinski definition) is 2. The summed E-state index contributed by atoms with van der Waals surface area (Å²) in [5.74, 6) is -0.296. The molecule has 0 radical (unpaired) electrons. The van der Waals surface area contributed by atoms with Gasteiger partial charge in [-0.05, 0) is 30.7 Å². The standard InChI is InChI=1S/C15H16FNO/c1-11(12-5-3-2-4-6-12)18-10-13-9-14(16)7-8-15(13)17/h2-9,11H,10,17H2,1H3. The molecule has 0 aliphatic carbocycles. The average molecular weight is 245 g/mol. The number of nitrogens with two attached hydrogens (primary N) is 1. The monoisotopic (exact) mass is 245 g/mol. The second-order valence-corrected chi connectivity index (χ2v) is 4.21. The topological polar surface area (TPSA) is 35.2 Å². The van der Waals surface area contributed by atoms with Crippen LogP contribution in [0.3, 0.4) is 0 Å². The fourth-order valence-electron chi connectivity index (χ4n) is 1.73. The van der Waals surface area contributed by atoms with Crippen molar-refractivity contribution in [1.82, 2.24) is 0 Å². The molecule has 94 valence electrons. The number of halogens is 1. The fourth-order valence-corrected chi connectivity index (χ4v) is 1.73. The van der Waals surface area contributed by atoms with Gasteiger partial charge in [-0.25, -0.2) is 4.39 Å². The van der Waals surface area contributed by atoms with Crippen molar-refractivity contribution in [3.63, 3.8) is 0 Å². The SMILES string of the molecule is CC(OCc1cc(F)ccc1N)c1ccccc1. The third-order valence-corrected chi connectivity index (χ3v) is 2.86. The van der Waals surface area contributed by atoms with Gasteiger partial charge in [0.15, 0.2) is 0 Å². The first-order valence-electron chi connectivity index (χ1n) is 5.87. The number of ether oxygens (including phenoxy) is 1. The van der Waals surface area contributed by atoms with Crippen LogP contribution in [0.4, 0.5) is 10.1 Å². The molecule has 2 aromatic carbocycles. The first-order valence-corrected chi connectivity index (χ1v) is 5.87. The third kappa shape index (κ3) is 3.08. The maximum atomic E-state index is 13.1. The van der Waals surface area contributed by atoms with Crippen LogP contribution in [0.25, 0.3) is 0 Å². The summed E-state index contributed by atoms with van der Waals surface area (Å²) in [4.78, 5) is 0. The summed E-state index contributed by atoms with van der Waals surface area (Å²) in [7, 11) is 0. The van der Waals surface area contributed by atoms with Crippen LogP contribution >= 0.6 is 0 Å². The number of benzene rings is 2. The molecule has 0 amide bonds. The normalized spacial score (nSPS) is 12.3. The van der Waals surface area contributed by atoms with E-state index in [9.17, 15) is 4.39 Å². The van der Waals surface area contributed by atoms with E-state index in [-0.39, 0.29) is 11.9 Å². The lowest BCUT2D eigenvalue weighted by Gasteiger charge is -2.14. The quantitative estimate of drug-likeness (QED) is 0.834. The van der Waals surface area contributed by atoms with Crippen molar-refractivity contribution in [3.05, 3.63) is 65.5 Å². The highest BCUT2D eigenvalue weighted by molar-refractivity contribution is 5.46. The van der Waals surface area contributed by atoms with Gasteiger partial charge >= 0.3 is 0 Å². The Hall–Kier alpha value is -1.87. The highest BCUT2D eigenvalue weighted by Gasteiger charge is 2.07. The molecule has 0 aliphatic heterocycles. The third-order valence-electron chi connectivity index (χ3n) is 2.86. The van der Waals surface area contributed by atoms with Gasteiger partial charge in [-0.1, -0.05) is 30.3 Å². The van der Waals surface area contributed by atoms with Gasteiger partial charge in [-0.2, -0.15) is 0 Å². The van der Waals surface area contributed by atoms with Gasteiger partial charge in [0, 0.05) is 11.3 Å². The van der Waals surface area contributed by atoms with Gasteiger partial charge in [-0.15, -0.1) is 0 Å². The van der Waals surface area contributed by atoms with E-state index in [0.717, 1.165) is 5.56 Å². The van der Waals surface area contributed by atoms with E-state index >= 15 is 0 Å². The highest BCUT2D eigenvalue weighted by atomic mass is 19.1. The van der Waals surface area contributed by atoms with Crippen molar-refractivity contribution < 1.29 is 9.13 Å². The Bertz CT molecular complexity index is 513. The molecule has 0 aromatic heterocycles. The Morgan fingerprint density at radius 3 is 2.61 bits per heavy atom. The van der Waals surface area contributed by atoms with Gasteiger partial charge in [0.1, 0.15) is 5.82 Å². The van der Waals surface area contributed by atoms with Crippen molar-refractivity contribution in [2.75, 3.05) is 5.73 Å². The van der Waals surface area contributed by atoms with Crippen LogP contribution in [0, 0.1) is 5.82 Å². The number of anilines is 1. The van der Waals surface area contributed by atoms with Crippen LogP contribution in [-0.4, -0.2) is 0 Å². The minimum absolute atomic E-state index is 0.0473. The molecule has 0 heterocycles. The van der Waals surface area contributed by atoms with Crippen LogP contribution < -0.4 is 5.73 Å². The molecule has 1 atom stereocenters. The minimum atomic E-state index is -0.296. The summed E-state index contributed by atoms with van der Waals surface area (Å²) in [6.07, 6.45) is -0.0473. The first-order chi connectivity index (χ1) is 8.66. The maximum Gasteiger partial charge on any atom is 0.123 e. The van der Waals surface area contributed by atoms with Crippen molar-refractivity contribution in [3.8, 4) is 0 Å². The molecule has 0 aliphatic rings. The van der Waals surface area contributed by atoms with Crippen molar-refractivity contribution in [1.29, 1.82) is 0 Å². The zero-order chi connectivity index (χ0) is 13.0. The van der Waals surface area contributed by atoms with Crippen LogP contribution in [0.5, 0.6) is 0 Å². The van der Waals surface area contributed by atoms with Crippen LogP contribution in [0.2, 0.25) is 0 Å². The van der Waals surface area contributed by atoms with E-state index in [1.165, 1.54) is 12.1 Å². The van der Waals surface area contributed by atoms with E-state index in [2.05, 4.69) is 0 Å². The van der Waals surface area contributed by atoms with Crippen molar-refractivity contribution in [2.24, 2.45) is 0 Å². The molecule has 0 spiro atoms. The molecule has 2 N–H and O–H groups in total. The summed E-state index contributed by atoms with van der Waals surface area (Å²) in [6, 6.07) is 14.2. The fraction of sp³-hybridized carbons (Fsp3) is 0.200. The molecule has 0 bridgehead atoms. The molecule has 0 fully saturated rings. The smallest absolute Gasteiger partial charge is 0.123 e. The second-order valence-electron chi connectivity index (χ2n) is 4.21. The van der Waals surface area contributed by atoms with Crippen LogP contribution in [0.1, 0.15) is 24.2 Å². The van der Waals surface area contributed by atoms with Gasteiger partial charge < -0.3 is 10.5 Å². The Balaban J connectivity index is 2.01. The summed E-state index contributed by atoms with van der Waals surface area (Å²) in [6.45, 7) is 2.27. The Kier molecular flexibility index (Phi) is 3.95. The number of rotatable bonds is 4.